The van der Waals surface area contributed by atoms with Crippen LogP contribution in [0.4, 0.5) is 5.69 Å². The van der Waals surface area contributed by atoms with E-state index in [0.717, 1.165) is 45.7 Å². The van der Waals surface area contributed by atoms with Crippen LogP contribution in [0.5, 0.6) is 0 Å². The summed E-state index contributed by atoms with van der Waals surface area (Å²) in [5, 5.41) is 3.14. The lowest BCUT2D eigenvalue weighted by molar-refractivity contribution is -0.124. The molecule has 4 nitrogen and oxygen atoms in total. The van der Waals surface area contributed by atoms with E-state index in [2.05, 4.69) is 10.3 Å². The number of nitrogens with zero attached hydrogens (tertiary/aromatic N) is 1. The van der Waals surface area contributed by atoms with Gasteiger partial charge >= 0.3 is 0 Å². The Bertz CT molecular complexity index is 1080. The molecule has 1 N–H and O–H groups in total. The minimum Gasteiger partial charge on any atom is -0.436 e. The normalized spacial score (nSPS) is 29.4. The number of anilines is 1. The van der Waals surface area contributed by atoms with Crippen LogP contribution in [0.25, 0.3) is 22.6 Å². The van der Waals surface area contributed by atoms with Crippen molar-refractivity contribution in [2.75, 3.05) is 5.32 Å². The molecule has 7 rings (SSSR count). The molecule has 4 heteroatoms. The molecule has 154 valence electrons. The first kappa shape index (κ1) is 18.2. The molecular formula is C26H28N2O2. The fraction of sp³-hybridized carbons (Fsp3) is 0.462. The molecular weight excluding hydrogens is 372 g/mol. The highest BCUT2D eigenvalue weighted by molar-refractivity contribution is 5.91. The van der Waals surface area contributed by atoms with Gasteiger partial charge in [-0.15, -0.1) is 0 Å². The number of amides is 1. The van der Waals surface area contributed by atoms with Crippen molar-refractivity contribution in [3.8, 4) is 11.5 Å². The van der Waals surface area contributed by atoms with E-state index in [0.29, 0.717) is 12.3 Å². The summed E-state index contributed by atoms with van der Waals surface area (Å²) >= 11 is 0. The lowest BCUT2D eigenvalue weighted by Gasteiger charge is -2.56. The highest BCUT2D eigenvalue weighted by atomic mass is 16.3. The van der Waals surface area contributed by atoms with E-state index < -0.39 is 0 Å². The molecule has 0 aliphatic heterocycles. The van der Waals surface area contributed by atoms with E-state index in [1.807, 2.05) is 49.4 Å². The van der Waals surface area contributed by atoms with Gasteiger partial charge in [0.05, 0.1) is 0 Å². The van der Waals surface area contributed by atoms with E-state index >= 15 is 0 Å². The lowest BCUT2D eigenvalue weighted by atomic mass is 9.49. The summed E-state index contributed by atoms with van der Waals surface area (Å²) in [6.07, 6.45) is 8.73. The first-order valence-electron chi connectivity index (χ1n) is 11.3. The molecule has 1 aromatic heterocycles. The van der Waals surface area contributed by atoms with Gasteiger partial charge in [0.25, 0.3) is 0 Å². The molecule has 4 saturated carbocycles. The molecule has 0 spiro atoms. The predicted molar refractivity (Wildman–Crippen MR) is 118 cm³/mol. The monoisotopic (exact) mass is 400 g/mol. The summed E-state index contributed by atoms with van der Waals surface area (Å²) in [5.74, 6) is 3.42. The molecule has 4 aliphatic rings. The van der Waals surface area contributed by atoms with Crippen LogP contribution in [0.2, 0.25) is 0 Å². The minimum atomic E-state index is 0.169. The van der Waals surface area contributed by atoms with Crippen molar-refractivity contribution in [3.63, 3.8) is 0 Å². The number of carbonyl (C=O) groups is 1. The zero-order chi connectivity index (χ0) is 20.3. The Balaban J connectivity index is 1.15. The van der Waals surface area contributed by atoms with Crippen LogP contribution in [-0.2, 0) is 4.79 Å². The summed E-state index contributed by atoms with van der Waals surface area (Å²) in [7, 11) is 0. The van der Waals surface area contributed by atoms with Gasteiger partial charge in [-0.3, -0.25) is 4.79 Å². The minimum absolute atomic E-state index is 0.169. The predicted octanol–water partition coefficient (Wildman–Crippen LogP) is 6.35. The fourth-order valence-corrected chi connectivity index (χ4v) is 6.90. The number of aromatic nitrogens is 1. The molecule has 4 fully saturated rings. The molecule has 1 amide bonds. The number of fused-ring (bicyclic) bond motifs is 1. The Morgan fingerprint density at radius 1 is 1.03 bits per heavy atom. The van der Waals surface area contributed by atoms with Gasteiger partial charge < -0.3 is 9.73 Å². The zero-order valence-electron chi connectivity index (χ0n) is 17.5. The summed E-state index contributed by atoms with van der Waals surface area (Å²) in [5.41, 5.74) is 4.86. The van der Waals surface area contributed by atoms with E-state index in [9.17, 15) is 4.79 Å². The lowest BCUT2D eigenvalue weighted by Crippen LogP contribution is -2.47. The second-order valence-electron chi connectivity index (χ2n) is 10.2. The van der Waals surface area contributed by atoms with Crippen LogP contribution in [0.15, 0.2) is 46.9 Å². The molecule has 2 aromatic carbocycles. The molecule has 0 saturated heterocycles. The number of aryl methyl sites for hydroxylation is 1. The molecule has 4 aliphatic carbocycles. The third-order valence-electron chi connectivity index (χ3n) is 7.66. The van der Waals surface area contributed by atoms with Crippen LogP contribution < -0.4 is 5.32 Å². The van der Waals surface area contributed by atoms with Crippen molar-refractivity contribution >= 4 is 22.7 Å². The molecule has 0 atom stereocenters. The quantitative estimate of drug-likeness (QED) is 0.555. The Morgan fingerprint density at radius 2 is 1.70 bits per heavy atom. The first-order valence-corrected chi connectivity index (χ1v) is 11.3. The van der Waals surface area contributed by atoms with Gasteiger partial charge in [0.2, 0.25) is 11.8 Å². The fourth-order valence-electron chi connectivity index (χ4n) is 6.90. The number of hydrogen-bond acceptors (Lipinski definition) is 3. The molecule has 30 heavy (non-hydrogen) atoms. The number of carbonyl (C=O) groups excluding carboxylic acids is 1. The van der Waals surface area contributed by atoms with Crippen LogP contribution in [0, 0.1) is 30.1 Å². The summed E-state index contributed by atoms with van der Waals surface area (Å²) in [4.78, 5) is 17.4. The Labute approximate surface area is 177 Å². The van der Waals surface area contributed by atoms with Gasteiger partial charge in [-0.2, -0.15) is 0 Å². The highest BCUT2D eigenvalue weighted by Gasteiger charge is 2.51. The maximum atomic E-state index is 12.9. The third-order valence-corrected chi connectivity index (χ3v) is 7.66. The second-order valence-corrected chi connectivity index (χ2v) is 10.2. The summed E-state index contributed by atoms with van der Waals surface area (Å²) < 4.78 is 5.92. The van der Waals surface area contributed by atoms with Crippen LogP contribution in [-0.4, -0.2) is 10.9 Å². The van der Waals surface area contributed by atoms with E-state index in [-0.39, 0.29) is 11.3 Å². The van der Waals surface area contributed by atoms with Crippen LogP contribution in [0.1, 0.15) is 50.5 Å². The molecule has 0 radical (unpaired) electrons. The van der Waals surface area contributed by atoms with Gasteiger partial charge in [0.15, 0.2) is 5.58 Å². The average Bonchev–Trinajstić information content (AvgIpc) is 3.10. The van der Waals surface area contributed by atoms with Gasteiger partial charge in [0.1, 0.15) is 5.52 Å². The maximum Gasteiger partial charge on any atom is 0.227 e. The second kappa shape index (κ2) is 6.69. The molecule has 0 unspecified atom stereocenters. The standard InChI is InChI=1S/C26H28N2O2/c1-16-2-7-22-23(8-16)30-25(28-22)20-3-5-21(6-4-20)27-24(29)15-26-12-17-9-18(13-26)11-19(10-17)14-26/h2-8,17-19H,9-15H2,1H3,(H,27,29). The van der Waals surface area contributed by atoms with Crippen molar-refractivity contribution < 1.29 is 9.21 Å². The Kier molecular flexibility index (Phi) is 4.06. The number of oxazole rings is 1. The number of nitrogens with one attached hydrogen (secondary N) is 1. The smallest absolute Gasteiger partial charge is 0.227 e. The molecule has 1 heterocycles. The van der Waals surface area contributed by atoms with Crippen LogP contribution >= 0.6 is 0 Å². The maximum absolute atomic E-state index is 12.9. The molecule has 4 bridgehead atoms. The van der Waals surface area contributed by atoms with Gasteiger partial charge in [-0.25, -0.2) is 4.98 Å². The van der Waals surface area contributed by atoms with E-state index in [1.54, 1.807) is 0 Å². The van der Waals surface area contributed by atoms with Crippen molar-refractivity contribution in [2.24, 2.45) is 23.2 Å². The van der Waals surface area contributed by atoms with Gasteiger partial charge in [-0.05, 0) is 111 Å². The van der Waals surface area contributed by atoms with Crippen molar-refractivity contribution in [1.29, 1.82) is 0 Å². The van der Waals surface area contributed by atoms with Crippen molar-refractivity contribution in [1.82, 2.24) is 4.98 Å². The SMILES string of the molecule is Cc1ccc2nc(-c3ccc(NC(=O)CC45CC6CC(CC(C6)C4)C5)cc3)oc2c1. The van der Waals surface area contributed by atoms with Gasteiger partial charge in [0, 0.05) is 17.7 Å². The Hall–Kier alpha value is -2.62. The van der Waals surface area contributed by atoms with Gasteiger partial charge in [-0.1, -0.05) is 6.07 Å². The number of rotatable bonds is 4. The number of hydrogen-bond donors (Lipinski definition) is 1. The largest absolute Gasteiger partial charge is 0.436 e. The summed E-state index contributed by atoms with van der Waals surface area (Å²) in [6.45, 7) is 2.04. The van der Waals surface area contributed by atoms with Crippen molar-refractivity contribution in [3.05, 3.63) is 48.0 Å². The highest BCUT2D eigenvalue weighted by Crippen LogP contribution is 2.61. The topological polar surface area (TPSA) is 55.1 Å². The molecule has 3 aromatic rings. The van der Waals surface area contributed by atoms with Crippen molar-refractivity contribution in [2.45, 2.75) is 51.9 Å². The number of benzene rings is 2. The third kappa shape index (κ3) is 3.23. The van der Waals surface area contributed by atoms with E-state index in [4.69, 9.17) is 4.42 Å². The average molecular weight is 401 g/mol. The van der Waals surface area contributed by atoms with Crippen LogP contribution in [0.3, 0.4) is 0 Å². The zero-order valence-corrected chi connectivity index (χ0v) is 17.5. The Morgan fingerprint density at radius 3 is 2.37 bits per heavy atom. The van der Waals surface area contributed by atoms with E-state index in [1.165, 1.54) is 38.5 Å². The first-order chi connectivity index (χ1) is 14.5. The summed E-state index contributed by atoms with van der Waals surface area (Å²) in [6, 6.07) is 13.9.